The number of rotatable bonds is 2. The Morgan fingerprint density at radius 2 is 1.82 bits per heavy atom. The van der Waals surface area contributed by atoms with Gasteiger partial charge in [0.25, 0.3) is 0 Å². The Morgan fingerprint density at radius 3 is 2.50 bits per heavy atom. The zero-order valence-electron chi connectivity index (χ0n) is 13.1. The maximum Gasteiger partial charge on any atom is 0.126 e. The average Bonchev–Trinajstić information content (AvgIpc) is 2.51. The second kappa shape index (κ2) is 5.82. The molecule has 3 rings (SSSR count). The fourth-order valence-corrected chi connectivity index (χ4v) is 3.39. The first kappa shape index (κ1) is 15.2. The molecule has 0 aromatic heterocycles. The Balaban J connectivity index is 2.07. The molecule has 1 aliphatic heterocycles. The highest BCUT2D eigenvalue weighted by Gasteiger charge is 2.43. The first-order chi connectivity index (χ1) is 10.5. The number of hydrogen-bond acceptors (Lipinski definition) is 2. The molecule has 0 saturated carbocycles. The van der Waals surface area contributed by atoms with E-state index >= 15 is 0 Å². The molecule has 0 bridgehead atoms. The van der Waals surface area contributed by atoms with Crippen LogP contribution in [0, 0.1) is 12.7 Å². The van der Waals surface area contributed by atoms with Crippen LogP contribution in [0.15, 0.2) is 48.5 Å². The van der Waals surface area contributed by atoms with Crippen molar-refractivity contribution in [2.45, 2.75) is 24.9 Å². The second-order valence-electron chi connectivity index (χ2n) is 6.38. The van der Waals surface area contributed by atoms with Gasteiger partial charge in [-0.2, -0.15) is 0 Å². The second-order valence-corrected chi connectivity index (χ2v) is 6.38. The molecule has 0 spiro atoms. The summed E-state index contributed by atoms with van der Waals surface area (Å²) in [6, 6.07) is 14.7. The predicted octanol–water partition coefficient (Wildman–Crippen LogP) is 3.44. The van der Waals surface area contributed by atoms with Gasteiger partial charge in [-0.25, -0.2) is 4.39 Å². The minimum absolute atomic E-state index is 0.242. The minimum atomic E-state index is -1.03. The van der Waals surface area contributed by atoms with Crippen LogP contribution in [0.5, 0.6) is 0 Å². The first-order valence-electron chi connectivity index (χ1n) is 7.73. The topological polar surface area (TPSA) is 23.5 Å². The number of aliphatic hydroxyl groups is 1. The molecule has 0 amide bonds. The molecule has 1 fully saturated rings. The molecule has 2 atom stereocenters. The van der Waals surface area contributed by atoms with Crippen LogP contribution in [-0.2, 0) is 5.60 Å². The summed E-state index contributed by atoms with van der Waals surface area (Å²) in [5, 5.41) is 11.4. The molecule has 2 aromatic carbocycles. The summed E-state index contributed by atoms with van der Waals surface area (Å²) < 4.78 is 14.3. The maximum atomic E-state index is 14.3. The molecule has 2 nitrogen and oxygen atoms in total. The van der Waals surface area contributed by atoms with Crippen molar-refractivity contribution in [3.63, 3.8) is 0 Å². The van der Waals surface area contributed by atoms with Crippen LogP contribution in [0.3, 0.4) is 0 Å². The first-order valence-corrected chi connectivity index (χ1v) is 7.73. The van der Waals surface area contributed by atoms with E-state index in [2.05, 4.69) is 4.90 Å². The number of hydrogen-bond donors (Lipinski definition) is 1. The number of likely N-dealkylation sites (N-methyl/N-ethyl adjacent to an activating group) is 1. The Bertz CT molecular complexity index is 655. The van der Waals surface area contributed by atoms with Crippen molar-refractivity contribution < 1.29 is 9.50 Å². The molecular weight excluding hydrogens is 277 g/mol. The van der Waals surface area contributed by atoms with Crippen LogP contribution in [0.25, 0.3) is 0 Å². The van der Waals surface area contributed by atoms with Gasteiger partial charge in [0.1, 0.15) is 5.82 Å². The van der Waals surface area contributed by atoms with Gasteiger partial charge in [-0.05, 0) is 37.6 Å². The van der Waals surface area contributed by atoms with E-state index in [1.807, 2.05) is 44.3 Å². The summed E-state index contributed by atoms with van der Waals surface area (Å²) in [6.07, 6.45) is 0.603. The monoisotopic (exact) mass is 299 g/mol. The molecule has 1 heterocycles. The van der Waals surface area contributed by atoms with E-state index in [4.69, 9.17) is 0 Å². The quantitative estimate of drug-likeness (QED) is 0.918. The Hall–Kier alpha value is -1.71. The molecule has 3 heteroatoms. The van der Waals surface area contributed by atoms with E-state index in [-0.39, 0.29) is 11.7 Å². The molecular formula is C19H22FNO. The van der Waals surface area contributed by atoms with Crippen molar-refractivity contribution in [2.75, 3.05) is 20.1 Å². The molecule has 116 valence electrons. The van der Waals surface area contributed by atoms with Crippen molar-refractivity contribution in [3.8, 4) is 0 Å². The lowest BCUT2D eigenvalue weighted by Crippen LogP contribution is -2.47. The van der Waals surface area contributed by atoms with Gasteiger partial charge in [0.2, 0.25) is 0 Å². The van der Waals surface area contributed by atoms with Crippen LogP contribution in [0.1, 0.15) is 29.0 Å². The lowest BCUT2D eigenvalue weighted by atomic mass is 9.72. The Labute approximate surface area is 131 Å². The molecule has 2 aromatic rings. The number of likely N-dealkylation sites (tertiary alicyclic amines) is 1. The molecule has 1 saturated heterocycles. The zero-order valence-corrected chi connectivity index (χ0v) is 13.1. The van der Waals surface area contributed by atoms with Gasteiger partial charge >= 0.3 is 0 Å². The largest absolute Gasteiger partial charge is 0.384 e. The minimum Gasteiger partial charge on any atom is -0.384 e. The van der Waals surface area contributed by atoms with Gasteiger partial charge in [0, 0.05) is 19.0 Å². The van der Waals surface area contributed by atoms with Gasteiger partial charge in [0.05, 0.1) is 5.60 Å². The summed E-state index contributed by atoms with van der Waals surface area (Å²) in [7, 11) is 2.02. The molecule has 0 radical (unpaired) electrons. The third-order valence-corrected chi connectivity index (χ3v) is 4.78. The zero-order chi connectivity index (χ0) is 15.7. The third kappa shape index (κ3) is 2.67. The normalized spacial score (nSPS) is 26.1. The number of halogens is 1. The fourth-order valence-electron chi connectivity index (χ4n) is 3.39. The molecule has 1 N–H and O–H groups in total. The van der Waals surface area contributed by atoms with E-state index in [0.29, 0.717) is 18.5 Å². The lowest BCUT2D eigenvalue weighted by molar-refractivity contribution is -0.0428. The van der Waals surface area contributed by atoms with Crippen molar-refractivity contribution in [3.05, 3.63) is 71.0 Å². The van der Waals surface area contributed by atoms with E-state index in [1.165, 1.54) is 6.07 Å². The van der Waals surface area contributed by atoms with Crippen molar-refractivity contribution in [2.24, 2.45) is 0 Å². The highest BCUT2D eigenvalue weighted by atomic mass is 19.1. The smallest absolute Gasteiger partial charge is 0.126 e. The van der Waals surface area contributed by atoms with Crippen LogP contribution in [0.4, 0.5) is 4.39 Å². The predicted molar refractivity (Wildman–Crippen MR) is 86.3 cm³/mol. The van der Waals surface area contributed by atoms with Crippen molar-refractivity contribution >= 4 is 0 Å². The van der Waals surface area contributed by atoms with E-state index in [0.717, 1.165) is 17.7 Å². The SMILES string of the molecule is Cc1ccc([C@@]2(O)CCN(C)C[C@@H]2c2ccccc2F)cc1. The maximum absolute atomic E-state index is 14.3. The summed E-state index contributed by atoms with van der Waals surface area (Å²) >= 11 is 0. The molecule has 0 unspecified atom stereocenters. The van der Waals surface area contributed by atoms with Gasteiger partial charge in [0.15, 0.2) is 0 Å². The average molecular weight is 299 g/mol. The Morgan fingerprint density at radius 1 is 1.14 bits per heavy atom. The standard InChI is InChI=1S/C19H22FNO/c1-14-7-9-15(10-8-14)19(22)11-12-21(2)13-17(19)16-5-3-4-6-18(16)20/h3-10,17,22H,11-13H2,1-2H3/t17-,19+/m1/s1. The summed E-state index contributed by atoms with van der Waals surface area (Å²) in [6.45, 7) is 3.47. The molecule has 1 aliphatic rings. The van der Waals surface area contributed by atoms with Gasteiger partial charge in [-0.1, -0.05) is 48.0 Å². The summed E-state index contributed by atoms with van der Waals surface area (Å²) in [5.41, 5.74) is 1.60. The van der Waals surface area contributed by atoms with E-state index in [9.17, 15) is 9.50 Å². The van der Waals surface area contributed by atoms with Crippen molar-refractivity contribution in [1.82, 2.24) is 4.90 Å². The van der Waals surface area contributed by atoms with Crippen LogP contribution >= 0.6 is 0 Å². The number of benzene rings is 2. The number of aryl methyl sites for hydroxylation is 1. The van der Waals surface area contributed by atoms with Crippen LogP contribution in [-0.4, -0.2) is 30.1 Å². The van der Waals surface area contributed by atoms with Gasteiger partial charge < -0.3 is 10.0 Å². The van der Waals surface area contributed by atoms with E-state index in [1.54, 1.807) is 12.1 Å². The van der Waals surface area contributed by atoms with Crippen LogP contribution < -0.4 is 0 Å². The van der Waals surface area contributed by atoms with E-state index < -0.39 is 5.60 Å². The lowest BCUT2D eigenvalue weighted by Gasteiger charge is -2.44. The number of nitrogens with zero attached hydrogens (tertiary/aromatic N) is 1. The Kier molecular flexibility index (Phi) is 4.02. The van der Waals surface area contributed by atoms with Crippen molar-refractivity contribution in [1.29, 1.82) is 0 Å². The molecule has 22 heavy (non-hydrogen) atoms. The summed E-state index contributed by atoms with van der Waals surface area (Å²) in [5.74, 6) is -0.511. The van der Waals surface area contributed by atoms with Gasteiger partial charge in [-0.3, -0.25) is 0 Å². The highest BCUT2D eigenvalue weighted by Crippen LogP contribution is 2.43. The number of piperidine rings is 1. The fraction of sp³-hybridized carbons (Fsp3) is 0.368. The third-order valence-electron chi connectivity index (χ3n) is 4.78. The molecule has 0 aliphatic carbocycles. The van der Waals surface area contributed by atoms with Gasteiger partial charge in [-0.15, -0.1) is 0 Å². The van der Waals surface area contributed by atoms with Crippen LogP contribution in [0.2, 0.25) is 0 Å². The highest BCUT2D eigenvalue weighted by molar-refractivity contribution is 5.34. The summed E-state index contributed by atoms with van der Waals surface area (Å²) in [4.78, 5) is 2.15.